The first-order valence-corrected chi connectivity index (χ1v) is 7.97. The number of aromatic nitrogens is 1. The number of hydrogen-bond donors (Lipinski definition) is 1. The molecule has 0 unspecified atom stereocenters. The second kappa shape index (κ2) is 7.66. The van der Waals surface area contributed by atoms with Crippen LogP contribution in [0.15, 0.2) is 73.1 Å². The van der Waals surface area contributed by atoms with Crippen LogP contribution in [-0.2, 0) is 4.79 Å². The smallest absolute Gasteiger partial charge is 0.226 e. The average Bonchev–Trinajstić information content (AvgIpc) is 3.15. The van der Waals surface area contributed by atoms with Crippen LogP contribution in [0.5, 0.6) is 5.75 Å². The zero-order valence-electron chi connectivity index (χ0n) is 13.9. The van der Waals surface area contributed by atoms with E-state index in [0.717, 1.165) is 11.3 Å². The summed E-state index contributed by atoms with van der Waals surface area (Å²) in [5.41, 5.74) is 1.58. The number of ether oxygens (including phenoxy) is 1. The van der Waals surface area contributed by atoms with E-state index in [0.29, 0.717) is 5.69 Å². The SMILES string of the molecule is COc1ccc(NC(=O)C[C@H](c2ccc(F)cc2)n2cccc2)cc1. The third-order valence-corrected chi connectivity index (χ3v) is 3.99. The van der Waals surface area contributed by atoms with Crippen LogP contribution < -0.4 is 10.1 Å². The van der Waals surface area contributed by atoms with Gasteiger partial charge in [0, 0.05) is 18.1 Å². The third-order valence-electron chi connectivity index (χ3n) is 3.99. The van der Waals surface area contributed by atoms with Crippen molar-refractivity contribution in [3.8, 4) is 5.75 Å². The van der Waals surface area contributed by atoms with Crippen molar-refractivity contribution in [3.63, 3.8) is 0 Å². The summed E-state index contributed by atoms with van der Waals surface area (Å²) in [5, 5.41) is 2.88. The molecule has 0 saturated heterocycles. The Morgan fingerprint density at radius 3 is 2.32 bits per heavy atom. The number of benzene rings is 2. The number of nitrogens with one attached hydrogen (secondary N) is 1. The van der Waals surface area contributed by atoms with Crippen molar-refractivity contribution in [2.45, 2.75) is 12.5 Å². The molecule has 3 rings (SSSR count). The Hall–Kier alpha value is -3.08. The van der Waals surface area contributed by atoms with E-state index in [1.165, 1.54) is 12.1 Å². The molecule has 0 spiro atoms. The highest BCUT2D eigenvalue weighted by molar-refractivity contribution is 5.91. The molecule has 128 valence electrons. The van der Waals surface area contributed by atoms with Gasteiger partial charge in [-0.1, -0.05) is 12.1 Å². The van der Waals surface area contributed by atoms with Gasteiger partial charge in [-0.05, 0) is 54.1 Å². The van der Waals surface area contributed by atoms with E-state index in [-0.39, 0.29) is 24.2 Å². The maximum Gasteiger partial charge on any atom is 0.226 e. The van der Waals surface area contributed by atoms with Gasteiger partial charge in [-0.25, -0.2) is 4.39 Å². The minimum atomic E-state index is -0.294. The number of hydrogen-bond acceptors (Lipinski definition) is 2. The molecule has 0 bridgehead atoms. The second-order valence-corrected chi connectivity index (χ2v) is 5.68. The van der Waals surface area contributed by atoms with Gasteiger partial charge < -0.3 is 14.6 Å². The molecule has 2 aromatic carbocycles. The summed E-state index contributed by atoms with van der Waals surface area (Å²) in [5.74, 6) is 0.320. The number of carbonyl (C=O) groups excluding carboxylic acids is 1. The van der Waals surface area contributed by atoms with Crippen molar-refractivity contribution in [2.75, 3.05) is 12.4 Å². The average molecular weight is 338 g/mol. The van der Waals surface area contributed by atoms with Crippen LogP contribution >= 0.6 is 0 Å². The van der Waals surface area contributed by atoms with Gasteiger partial charge in [0.25, 0.3) is 0 Å². The molecular formula is C20H19FN2O2. The second-order valence-electron chi connectivity index (χ2n) is 5.68. The van der Waals surface area contributed by atoms with E-state index in [1.807, 2.05) is 29.1 Å². The maximum absolute atomic E-state index is 13.2. The number of carbonyl (C=O) groups is 1. The quantitative estimate of drug-likeness (QED) is 0.730. The number of methoxy groups -OCH3 is 1. The lowest BCUT2D eigenvalue weighted by atomic mass is 10.0. The van der Waals surface area contributed by atoms with Crippen LogP contribution in [0.4, 0.5) is 10.1 Å². The Bertz CT molecular complexity index is 812. The monoisotopic (exact) mass is 338 g/mol. The summed E-state index contributed by atoms with van der Waals surface area (Å²) in [6.45, 7) is 0. The standard InChI is InChI=1S/C20H19FN2O2/c1-25-18-10-8-17(9-11-18)22-20(24)14-19(23-12-2-3-13-23)15-4-6-16(21)7-5-15/h2-13,19H,14H2,1H3,(H,22,24)/t19-/m1/s1. The molecule has 1 N–H and O–H groups in total. The Labute approximate surface area is 145 Å². The molecule has 4 nitrogen and oxygen atoms in total. The molecule has 0 radical (unpaired) electrons. The van der Waals surface area contributed by atoms with Crippen molar-refractivity contribution in [3.05, 3.63) is 84.4 Å². The molecule has 0 aliphatic heterocycles. The third kappa shape index (κ3) is 4.26. The molecule has 0 aliphatic rings. The topological polar surface area (TPSA) is 43.3 Å². The molecule has 3 aromatic rings. The van der Waals surface area contributed by atoms with Gasteiger partial charge in [-0.15, -0.1) is 0 Å². The van der Waals surface area contributed by atoms with Crippen LogP contribution in [0, 0.1) is 5.82 Å². The van der Waals surface area contributed by atoms with Crippen molar-refractivity contribution >= 4 is 11.6 Å². The van der Waals surface area contributed by atoms with Crippen molar-refractivity contribution in [1.82, 2.24) is 4.57 Å². The minimum absolute atomic E-state index is 0.117. The molecule has 0 saturated carbocycles. The molecule has 1 aromatic heterocycles. The minimum Gasteiger partial charge on any atom is -0.497 e. The highest BCUT2D eigenvalue weighted by Gasteiger charge is 2.17. The Balaban J connectivity index is 1.75. The van der Waals surface area contributed by atoms with Gasteiger partial charge in [0.2, 0.25) is 5.91 Å². The fraction of sp³-hybridized carbons (Fsp3) is 0.150. The van der Waals surface area contributed by atoms with Crippen LogP contribution in [0.1, 0.15) is 18.0 Å². The van der Waals surface area contributed by atoms with E-state index in [1.54, 1.807) is 43.5 Å². The Morgan fingerprint density at radius 2 is 1.72 bits per heavy atom. The van der Waals surface area contributed by atoms with Crippen LogP contribution in [0.2, 0.25) is 0 Å². The summed E-state index contributed by atoms with van der Waals surface area (Å²) >= 11 is 0. The molecule has 0 aliphatic carbocycles. The largest absolute Gasteiger partial charge is 0.497 e. The Kier molecular flexibility index (Phi) is 5.14. The Morgan fingerprint density at radius 1 is 1.08 bits per heavy atom. The molecular weight excluding hydrogens is 319 g/mol. The highest BCUT2D eigenvalue weighted by Crippen LogP contribution is 2.24. The molecule has 25 heavy (non-hydrogen) atoms. The van der Waals surface area contributed by atoms with E-state index in [2.05, 4.69) is 5.32 Å². The molecule has 1 atom stereocenters. The summed E-state index contributed by atoms with van der Waals surface area (Å²) in [7, 11) is 1.60. The van der Waals surface area contributed by atoms with Crippen molar-refractivity contribution in [2.24, 2.45) is 0 Å². The zero-order valence-corrected chi connectivity index (χ0v) is 13.9. The molecule has 1 heterocycles. The summed E-state index contributed by atoms with van der Waals surface area (Å²) in [6, 6.07) is 17.0. The van der Waals surface area contributed by atoms with Gasteiger partial charge in [-0.2, -0.15) is 0 Å². The van der Waals surface area contributed by atoms with Gasteiger partial charge in [-0.3, -0.25) is 4.79 Å². The van der Waals surface area contributed by atoms with Crippen molar-refractivity contribution < 1.29 is 13.9 Å². The maximum atomic E-state index is 13.2. The van der Waals surface area contributed by atoms with Crippen LogP contribution in [0.3, 0.4) is 0 Å². The predicted molar refractivity (Wildman–Crippen MR) is 95.2 cm³/mol. The molecule has 1 amide bonds. The van der Waals surface area contributed by atoms with Gasteiger partial charge in [0.15, 0.2) is 0 Å². The van der Waals surface area contributed by atoms with Gasteiger partial charge in [0.05, 0.1) is 19.6 Å². The lowest BCUT2D eigenvalue weighted by molar-refractivity contribution is -0.116. The first-order chi connectivity index (χ1) is 12.2. The number of amides is 1. The summed E-state index contributed by atoms with van der Waals surface area (Å²) in [6.07, 6.45) is 4.04. The van der Waals surface area contributed by atoms with Gasteiger partial charge >= 0.3 is 0 Å². The van der Waals surface area contributed by atoms with E-state index in [9.17, 15) is 9.18 Å². The zero-order chi connectivity index (χ0) is 17.6. The molecule has 0 fully saturated rings. The first-order valence-electron chi connectivity index (χ1n) is 7.97. The number of anilines is 1. The lowest BCUT2D eigenvalue weighted by Crippen LogP contribution is -2.19. The van der Waals surface area contributed by atoms with E-state index in [4.69, 9.17) is 4.74 Å². The normalized spacial score (nSPS) is 11.8. The predicted octanol–water partition coefficient (Wildman–Crippen LogP) is 4.25. The van der Waals surface area contributed by atoms with E-state index < -0.39 is 0 Å². The highest BCUT2D eigenvalue weighted by atomic mass is 19.1. The van der Waals surface area contributed by atoms with Crippen LogP contribution in [0.25, 0.3) is 0 Å². The van der Waals surface area contributed by atoms with Crippen LogP contribution in [-0.4, -0.2) is 17.6 Å². The first kappa shape index (κ1) is 16.8. The summed E-state index contributed by atoms with van der Waals surface area (Å²) < 4.78 is 20.3. The van der Waals surface area contributed by atoms with Gasteiger partial charge in [0.1, 0.15) is 11.6 Å². The number of halogens is 1. The number of rotatable bonds is 6. The summed E-state index contributed by atoms with van der Waals surface area (Å²) in [4.78, 5) is 12.5. The lowest BCUT2D eigenvalue weighted by Gasteiger charge is -2.19. The van der Waals surface area contributed by atoms with Crippen molar-refractivity contribution in [1.29, 1.82) is 0 Å². The number of nitrogens with zero attached hydrogens (tertiary/aromatic N) is 1. The molecule has 5 heteroatoms. The fourth-order valence-electron chi connectivity index (χ4n) is 2.70. The fourth-order valence-corrected chi connectivity index (χ4v) is 2.70. The van der Waals surface area contributed by atoms with E-state index >= 15 is 0 Å².